The molecule has 1 saturated heterocycles. The third-order valence-electron chi connectivity index (χ3n) is 6.19. The number of ether oxygens (including phenoxy) is 1. The quantitative estimate of drug-likeness (QED) is 0.707. The summed E-state index contributed by atoms with van der Waals surface area (Å²) in [5.41, 5.74) is 0. The van der Waals surface area contributed by atoms with Gasteiger partial charge in [0.05, 0.1) is 6.61 Å². The number of hydrogen-bond acceptors (Lipinski definition) is 3. The first-order valence-electron chi connectivity index (χ1n) is 9.98. The van der Waals surface area contributed by atoms with Crippen molar-refractivity contribution >= 4 is 0 Å². The predicted molar refractivity (Wildman–Crippen MR) is 98.8 cm³/mol. The molecule has 136 valence electrons. The van der Waals surface area contributed by atoms with E-state index in [0.29, 0.717) is 6.04 Å². The molecule has 2 rings (SSSR count). The van der Waals surface area contributed by atoms with Crippen LogP contribution in [0.25, 0.3) is 0 Å². The summed E-state index contributed by atoms with van der Waals surface area (Å²) < 4.78 is 5.53. The maximum absolute atomic E-state index is 5.53. The first-order chi connectivity index (χ1) is 11.0. The molecule has 0 radical (unpaired) electrons. The highest BCUT2D eigenvalue weighted by Crippen LogP contribution is 2.33. The molecule has 1 saturated carbocycles. The summed E-state index contributed by atoms with van der Waals surface area (Å²) in [4.78, 5) is 5.46. The van der Waals surface area contributed by atoms with E-state index in [9.17, 15) is 0 Å². The summed E-state index contributed by atoms with van der Waals surface area (Å²) in [5, 5.41) is 0. The Morgan fingerprint density at radius 3 is 2.26 bits per heavy atom. The van der Waals surface area contributed by atoms with Crippen molar-refractivity contribution in [1.29, 1.82) is 0 Å². The highest BCUT2D eigenvalue weighted by Gasteiger charge is 2.33. The van der Waals surface area contributed by atoms with E-state index < -0.39 is 0 Å². The Morgan fingerprint density at radius 2 is 1.70 bits per heavy atom. The van der Waals surface area contributed by atoms with E-state index in [1.807, 2.05) is 7.11 Å². The normalized spacial score (nSPS) is 31.2. The van der Waals surface area contributed by atoms with Crippen LogP contribution in [-0.4, -0.2) is 61.8 Å². The van der Waals surface area contributed by atoms with Crippen LogP contribution in [0, 0.1) is 17.8 Å². The summed E-state index contributed by atoms with van der Waals surface area (Å²) in [5.74, 6) is 2.63. The molecule has 0 aromatic heterocycles. The molecule has 23 heavy (non-hydrogen) atoms. The summed E-state index contributed by atoms with van der Waals surface area (Å²) in [6.45, 7) is 15.3. The van der Waals surface area contributed by atoms with E-state index in [1.165, 1.54) is 58.3 Å². The highest BCUT2D eigenvalue weighted by molar-refractivity contribution is 4.88. The molecule has 1 aliphatic carbocycles. The first kappa shape index (κ1) is 19.2. The van der Waals surface area contributed by atoms with Crippen molar-refractivity contribution in [3.8, 4) is 0 Å². The van der Waals surface area contributed by atoms with Gasteiger partial charge in [-0.15, -0.1) is 0 Å². The smallest absolute Gasteiger partial charge is 0.0630 e. The lowest BCUT2D eigenvalue weighted by atomic mass is 9.79. The molecule has 0 unspecified atom stereocenters. The summed E-state index contributed by atoms with van der Waals surface area (Å²) >= 11 is 0. The number of rotatable bonds is 7. The number of piperazine rings is 1. The van der Waals surface area contributed by atoms with Crippen molar-refractivity contribution in [3.05, 3.63) is 0 Å². The van der Waals surface area contributed by atoms with Crippen LogP contribution in [0.5, 0.6) is 0 Å². The minimum Gasteiger partial charge on any atom is -0.383 e. The second-order valence-corrected chi connectivity index (χ2v) is 8.64. The highest BCUT2D eigenvalue weighted by atomic mass is 16.5. The van der Waals surface area contributed by atoms with Crippen LogP contribution in [0.15, 0.2) is 0 Å². The standard InChI is InChI=1S/C20H40N2O/c1-16(2)10-11-21-12-13-22(14-20(21)15-23-5)19-8-6-18(7-9-19)17(3)4/h16-20H,6-15H2,1-5H3/t18?,19?,20-/m0/s1. The second-order valence-electron chi connectivity index (χ2n) is 8.64. The van der Waals surface area contributed by atoms with Crippen LogP contribution in [0.2, 0.25) is 0 Å². The van der Waals surface area contributed by atoms with Gasteiger partial charge in [0, 0.05) is 38.8 Å². The van der Waals surface area contributed by atoms with Crippen molar-refractivity contribution in [3.63, 3.8) is 0 Å². The SMILES string of the molecule is COC[C@@H]1CN(C2CCC(C(C)C)CC2)CCN1CCC(C)C. The predicted octanol–water partition coefficient (Wildman–Crippen LogP) is 3.88. The zero-order valence-electron chi connectivity index (χ0n) is 16.3. The zero-order chi connectivity index (χ0) is 16.8. The fourth-order valence-electron chi connectivity index (χ4n) is 4.45. The van der Waals surface area contributed by atoms with Gasteiger partial charge in [-0.1, -0.05) is 27.7 Å². The van der Waals surface area contributed by atoms with E-state index in [2.05, 4.69) is 37.5 Å². The molecule has 0 spiro atoms. The van der Waals surface area contributed by atoms with Gasteiger partial charge in [0.2, 0.25) is 0 Å². The molecule has 3 nitrogen and oxygen atoms in total. The summed E-state index contributed by atoms with van der Waals surface area (Å²) in [7, 11) is 1.85. The maximum atomic E-state index is 5.53. The van der Waals surface area contributed by atoms with Gasteiger partial charge >= 0.3 is 0 Å². The van der Waals surface area contributed by atoms with Gasteiger partial charge in [-0.2, -0.15) is 0 Å². The third-order valence-corrected chi connectivity index (χ3v) is 6.19. The topological polar surface area (TPSA) is 15.7 Å². The molecule has 3 heteroatoms. The van der Waals surface area contributed by atoms with E-state index >= 15 is 0 Å². The van der Waals surface area contributed by atoms with Gasteiger partial charge in [0.25, 0.3) is 0 Å². The molecule has 0 bridgehead atoms. The lowest BCUT2D eigenvalue weighted by molar-refractivity contribution is -0.00385. The minimum absolute atomic E-state index is 0.593. The Morgan fingerprint density at radius 1 is 1.00 bits per heavy atom. The van der Waals surface area contributed by atoms with Gasteiger partial charge in [-0.25, -0.2) is 0 Å². The number of methoxy groups -OCH3 is 1. The monoisotopic (exact) mass is 324 g/mol. The fraction of sp³-hybridized carbons (Fsp3) is 1.00. The van der Waals surface area contributed by atoms with Crippen LogP contribution in [0.1, 0.15) is 59.8 Å². The van der Waals surface area contributed by atoms with Crippen molar-refractivity contribution in [2.75, 3.05) is 39.9 Å². The van der Waals surface area contributed by atoms with Gasteiger partial charge in [0.1, 0.15) is 0 Å². The Hall–Kier alpha value is -0.120. The van der Waals surface area contributed by atoms with Crippen LogP contribution >= 0.6 is 0 Å². The van der Waals surface area contributed by atoms with E-state index in [0.717, 1.165) is 30.4 Å². The average Bonchev–Trinajstić information content (AvgIpc) is 2.54. The molecule has 0 aromatic rings. The van der Waals surface area contributed by atoms with Gasteiger partial charge in [0.15, 0.2) is 0 Å². The lowest BCUT2D eigenvalue weighted by Gasteiger charge is -2.46. The number of nitrogens with zero attached hydrogens (tertiary/aromatic N) is 2. The summed E-state index contributed by atoms with van der Waals surface area (Å²) in [6, 6.07) is 1.42. The molecule has 1 atom stereocenters. The Kier molecular flexibility index (Phi) is 7.84. The Labute approximate surface area is 144 Å². The molecule has 1 heterocycles. The van der Waals surface area contributed by atoms with Crippen LogP contribution in [0.3, 0.4) is 0 Å². The molecular weight excluding hydrogens is 284 g/mol. The second kappa shape index (κ2) is 9.39. The molecule has 0 aromatic carbocycles. The van der Waals surface area contributed by atoms with Crippen molar-refractivity contribution in [2.24, 2.45) is 17.8 Å². The van der Waals surface area contributed by atoms with Gasteiger partial charge in [-0.05, 0) is 56.4 Å². The first-order valence-corrected chi connectivity index (χ1v) is 9.98. The third kappa shape index (κ3) is 5.72. The van der Waals surface area contributed by atoms with Crippen molar-refractivity contribution < 1.29 is 4.74 Å². The molecule has 2 fully saturated rings. The Bertz CT molecular complexity index is 324. The molecule has 2 aliphatic rings. The van der Waals surface area contributed by atoms with E-state index in [4.69, 9.17) is 4.74 Å². The fourth-order valence-corrected chi connectivity index (χ4v) is 4.45. The van der Waals surface area contributed by atoms with Crippen molar-refractivity contribution in [2.45, 2.75) is 71.9 Å². The number of hydrogen-bond donors (Lipinski definition) is 0. The molecule has 0 amide bonds. The van der Waals surface area contributed by atoms with E-state index in [1.54, 1.807) is 0 Å². The van der Waals surface area contributed by atoms with Crippen LogP contribution in [-0.2, 0) is 4.74 Å². The lowest BCUT2D eigenvalue weighted by Crippen LogP contribution is -2.58. The summed E-state index contributed by atoms with van der Waals surface area (Å²) in [6.07, 6.45) is 7.00. The van der Waals surface area contributed by atoms with Crippen LogP contribution in [0.4, 0.5) is 0 Å². The minimum atomic E-state index is 0.593. The maximum Gasteiger partial charge on any atom is 0.0630 e. The molecular formula is C20H40N2O. The van der Waals surface area contributed by atoms with Gasteiger partial charge in [-0.3, -0.25) is 9.80 Å². The molecule has 1 aliphatic heterocycles. The van der Waals surface area contributed by atoms with Crippen molar-refractivity contribution in [1.82, 2.24) is 9.80 Å². The van der Waals surface area contributed by atoms with Crippen LogP contribution < -0.4 is 0 Å². The Balaban J connectivity index is 1.84. The van der Waals surface area contributed by atoms with Gasteiger partial charge < -0.3 is 4.74 Å². The molecule has 0 N–H and O–H groups in total. The zero-order valence-corrected chi connectivity index (χ0v) is 16.3. The largest absolute Gasteiger partial charge is 0.383 e. The van der Waals surface area contributed by atoms with E-state index in [-0.39, 0.29) is 0 Å². The average molecular weight is 325 g/mol.